The molecule has 2 aromatic rings. The topological polar surface area (TPSA) is 90.9 Å². The highest BCUT2D eigenvalue weighted by molar-refractivity contribution is 5.86. The van der Waals surface area contributed by atoms with E-state index in [1.54, 1.807) is 0 Å². The Hall–Kier alpha value is -2.11. The van der Waals surface area contributed by atoms with Crippen LogP contribution in [0.5, 0.6) is 0 Å². The summed E-state index contributed by atoms with van der Waals surface area (Å²) >= 11 is 0. The predicted molar refractivity (Wildman–Crippen MR) is 70.9 cm³/mol. The maximum Gasteiger partial charge on any atom is 0.306 e. The Morgan fingerprint density at radius 2 is 2.11 bits per heavy atom. The van der Waals surface area contributed by atoms with Crippen molar-refractivity contribution in [3.8, 4) is 0 Å². The second-order valence-corrected chi connectivity index (χ2v) is 4.99. The number of carbonyl (C=O) groups is 1. The first-order chi connectivity index (χ1) is 9.24. The van der Waals surface area contributed by atoms with Gasteiger partial charge >= 0.3 is 5.97 Å². The Labute approximate surface area is 110 Å². The van der Waals surface area contributed by atoms with Crippen LogP contribution in [0.15, 0.2) is 18.6 Å². The molecule has 0 unspecified atom stereocenters. The number of anilines is 1. The number of aromatic nitrogens is 3. The zero-order valence-electron chi connectivity index (χ0n) is 10.5. The summed E-state index contributed by atoms with van der Waals surface area (Å²) in [6.07, 6.45) is 6.57. The maximum atomic E-state index is 10.9. The van der Waals surface area contributed by atoms with Gasteiger partial charge in [-0.2, -0.15) is 0 Å². The van der Waals surface area contributed by atoms with E-state index in [9.17, 15) is 4.79 Å². The Morgan fingerprint density at radius 3 is 2.84 bits per heavy atom. The van der Waals surface area contributed by atoms with E-state index in [4.69, 9.17) is 5.11 Å². The normalized spacial score (nSPS) is 23.4. The molecule has 2 heterocycles. The van der Waals surface area contributed by atoms with Crippen LogP contribution in [0.25, 0.3) is 11.0 Å². The number of carboxylic acids is 1. The van der Waals surface area contributed by atoms with Crippen molar-refractivity contribution in [3.05, 3.63) is 18.6 Å². The van der Waals surface area contributed by atoms with E-state index in [0.717, 1.165) is 42.5 Å². The minimum atomic E-state index is -0.673. The summed E-state index contributed by atoms with van der Waals surface area (Å²) in [6.45, 7) is 0. The molecular weight excluding hydrogens is 244 g/mol. The molecule has 0 aliphatic heterocycles. The van der Waals surface area contributed by atoms with E-state index >= 15 is 0 Å². The number of aliphatic carboxylic acids is 1. The van der Waals surface area contributed by atoms with Crippen molar-refractivity contribution < 1.29 is 9.90 Å². The van der Waals surface area contributed by atoms with Crippen LogP contribution in [0.1, 0.15) is 25.7 Å². The summed E-state index contributed by atoms with van der Waals surface area (Å²) in [4.78, 5) is 22.4. The molecule has 0 saturated heterocycles. The fourth-order valence-electron chi connectivity index (χ4n) is 2.67. The van der Waals surface area contributed by atoms with Crippen molar-refractivity contribution >= 4 is 22.8 Å². The van der Waals surface area contributed by atoms with Gasteiger partial charge in [0.25, 0.3) is 0 Å². The smallest absolute Gasteiger partial charge is 0.306 e. The van der Waals surface area contributed by atoms with Crippen molar-refractivity contribution in [2.75, 3.05) is 5.32 Å². The van der Waals surface area contributed by atoms with Crippen LogP contribution in [0.4, 0.5) is 5.82 Å². The number of hydrogen-bond donors (Lipinski definition) is 3. The number of H-pyrrole nitrogens is 1. The van der Waals surface area contributed by atoms with Crippen molar-refractivity contribution in [1.29, 1.82) is 0 Å². The van der Waals surface area contributed by atoms with E-state index in [1.165, 1.54) is 6.33 Å². The number of fused-ring (bicyclic) bond motifs is 1. The third-order valence-corrected chi connectivity index (χ3v) is 3.77. The molecule has 100 valence electrons. The molecule has 1 aliphatic carbocycles. The Balaban J connectivity index is 1.69. The summed E-state index contributed by atoms with van der Waals surface area (Å²) < 4.78 is 0. The quantitative estimate of drug-likeness (QED) is 0.785. The van der Waals surface area contributed by atoms with Crippen LogP contribution in [0, 0.1) is 5.92 Å². The second-order valence-electron chi connectivity index (χ2n) is 4.99. The van der Waals surface area contributed by atoms with Crippen molar-refractivity contribution in [2.24, 2.45) is 5.92 Å². The lowest BCUT2D eigenvalue weighted by Gasteiger charge is -2.27. The average Bonchev–Trinajstić information content (AvgIpc) is 2.89. The summed E-state index contributed by atoms with van der Waals surface area (Å²) in [5.41, 5.74) is 0.816. The molecular formula is C13H16N4O2. The van der Waals surface area contributed by atoms with Gasteiger partial charge in [-0.1, -0.05) is 0 Å². The van der Waals surface area contributed by atoms with Crippen LogP contribution in [0.2, 0.25) is 0 Å². The highest BCUT2D eigenvalue weighted by Crippen LogP contribution is 2.28. The van der Waals surface area contributed by atoms with E-state index in [2.05, 4.69) is 20.3 Å². The molecule has 0 radical (unpaired) electrons. The standard InChI is InChI=1S/C13H16N4O2/c18-13(19)8-1-3-9(4-2-8)17-12-10-5-6-14-11(10)15-7-16-12/h5-9H,1-4H2,(H,18,19)(H2,14,15,16,17). The van der Waals surface area contributed by atoms with Crippen LogP contribution in [0.3, 0.4) is 0 Å². The molecule has 0 bridgehead atoms. The van der Waals surface area contributed by atoms with Gasteiger partial charge in [0.1, 0.15) is 17.8 Å². The van der Waals surface area contributed by atoms with Crippen molar-refractivity contribution in [1.82, 2.24) is 15.0 Å². The molecule has 6 nitrogen and oxygen atoms in total. The lowest BCUT2D eigenvalue weighted by molar-refractivity contribution is -0.142. The molecule has 2 aromatic heterocycles. The average molecular weight is 260 g/mol. The molecule has 19 heavy (non-hydrogen) atoms. The number of carboxylic acid groups (broad SMARTS) is 1. The van der Waals surface area contributed by atoms with Gasteiger partial charge in [0.05, 0.1) is 11.3 Å². The highest BCUT2D eigenvalue weighted by atomic mass is 16.4. The predicted octanol–water partition coefficient (Wildman–Crippen LogP) is 2.01. The largest absolute Gasteiger partial charge is 0.481 e. The van der Waals surface area contributed by atoms with Gasteiger partial charge in [-0.25, -0.2) is 9.97 Å². The maximum absolute atomic E-state index is 10.9. The summed E-state index contributed by atoms with van der Waals surface area (Å²) in [5, 5.41) is 13.4. The molecule has 6 heteroatoms. The van der Waals surface area contributed by atoms with Gasteiger partial charge in [-0.05, 0) is 31.7 Å². The zero-order valence-corrected chi connectivity index (χ0v) is 10.5. The molecule has 0 amide bonds. The fourth-order valence-corrected chi connectivity index (χ4v) is 2.67. The number of aromatic amines is 1. The van der Waals surface area contributed by atoms with Gasteiger partial charge < -0.3 is 15.4 Å². The zero-order chi connectivity index (χ0) is 13.2. The SMILES string of the molecule is O=C(O)C1CCC(Nc2ncnc3[nH]ccc23)CC1. The van der Waals surface area contributed by atoms with Crippen LogP contribution < -0.4 is 5.32 Å². The van der Waals surface area contributed by atoms with Gasteiger partial charge in [0.2, 0.25) is 0 Å². The van der Waals surface area contributed by atoms with Gasteiger partial charge in [-0.15, -0.1) is 0 Å². The summed E-state index contributed by atoms with van der Waals surface area (Å²) in [7, 11) is 0. The van der Waals surface area contributed by atoms with E-state index in [0.29, 0.717) is 6.04 Å². The van der Waals surface area contributed by atoms with E-state index < -0.39 is 5.97 Å². The third kappa shape index (κ3) is 2.38. The molecule has 3 rings (SSSR count). The molecule has 3 N–H and O–H groups in total. The number of rotatable bonds is 3. The first-order valence-corrected chi connectivity index (χ1v) is 6.51. The first kappa shape index (κ1) is 12.0. The van der Waals surface area contributed by atoms with Crippen LogP contribution >= 0.6 is 0 Å². The molecule has 0 spiro atoms. The van der Waals surface area contributed by atoms with Crippen molar-refractivity contribution in [3.63, 3.8) is 0 Å². The molecule has 0 atom stereocenters. The van der Waals surface area contributed by atoms with E-state index in [1.807, 2.05) is 12.3 Å². The lowest BCUT2D eigenvalue weighted by Crippen LogP contribution is -2.29. The summed E-state index contributed by atoms with van der Waals surface area (Å²) in [5.74, 6) is -0.0331. The molecule has 1 aliphatic rings. The van der Waals surface area contributed by atoms with E-state index in [-0.39, 0.29) is 5.92 Å². The first-order valence-electron chi connectivity index (χ1n) is 6.51. The van der Waals surface area contributed by atoms with Crippen molar-refractivity contribution in [2.45, 2.75) is 31.7 Å². The van der Waals surface area contributed by atoms with Gasteiger partial charge in [-0.3, -0.25) is 4.79 Å². The third-order valence-electron chi connectivity index (χ3n) is 3.77. The molecule has 0 aromatic carbocycles. The number of nitrogens with zero attached hydrogens (tertiary/aromatic N) is 2. The minimum absolute atomic E-state index is 0.185. The Morgan fingerprint density at radius 1 is 1.32 bits per heavy atom. The second kappa shape index (κ2) is 4.87. The minimum Gasteiger partial charge on any atom is -0.481 e. The molecule has 1 fully saturated rings. The monoisotopic (exact) mass is 260 g/mol. The Kier molecular flexibility index (Phi) is 3.06. The highest BCUT2D eigenvalue weighted by Gasteiger charge is 2.26. The van der Waals surface area contributed by atoms with Crippen LogP contribution in [-0.2, 0) is 4.79 Å². The molecule has 1 saturated carbocycles. The van der Waals surface area contributed by atoms with Crippen LogP contribution in [-0.4, -0.2) is 32.1 Å². The fraction of sp³-hybridized carbons (Fsp3) is 0.462. The van der Waals surface area contributed by atoms with Gasteiger partial charge in [0, 0.05) is 12.2 Å². The summed E-state index contributed by atoms with van der Waals surface area (Å²) in [6, 6.07) is 2.24. The number of hydrogen-bond acceptors (Lipinski definition) is 4. The lowest BCUT2D eigenvalue weighted by atomic mass is 9.86. The Bertz CT molecular complexity index is 587. The van der Waals surface area contributed by atoms with Gasteiger partial charge in [0.15, 0.2) is 0 Å². The number of nitrogens with one attached hydrogen (secondary N) is 2.